The molecule has 0 aliphatic heterocycles. The van der Waals surface area contributed by atoms with Crippen LogP contribution in [-0.4, -0.2) is 6.61 Å². The molecule has 0 bridgehead atoms. The van der Waals surface area contributed by atoms with Gasteiger partial charge in [0.25, 0.3) is 0 Å². The van der Waals surface area contributed by atoms with E-state index >= 15 is 0 Å². The minimum Gasteiger partial charge on any atom is -0.358 e. The maximum Gasteiger partial charge on any atom is 0.108 e. The van der Waals surface area contributed by atoms with Crippen LogP contribution in [0.25, 0.3) is 0 Å². The van der Waals surface area contributed by atoms with E-state index < -0.39 is 0 Å². The summed E-state index contributed by atoms with van der Waals surface area (Å²) in [5, 5.41) is 0. The molecule has 0 fully saturated rings. The molecule has 0 aliphatic carbocycles. The molecular weight excluding hydrogens is 88.1 g/mol. The van der Waals surface area contributed by atoms with Crippen LogP contribution in [0, 0.1) is 19.0 Å². The zero-order valence-corrected chi connectivity index (χ0v) is 4.05. The molecule has 7 heavy (non-hydrogen) atoms. The minimum absolute atomic E-state index is 0.325. The van der Waals surface area contributed by atoms with Gasteiger partial charge in [0.05, 0.1) is 0 Å². The van der Waals surface area contributed by atoms with E-state index in [9.17, 15) is 0 Å². The average Bonchev–Trinajstić information content (AvgIpc) is 1.69. The van der Waals surface area contributed by atoms with Crippen LogP contribution in [0.15, 0.2) is 12.7 Å². The van der Waals surface area contributed by atoms with Gasteiger partial charge in [-0.3, -0.25) is 0 Å². The molecule has 1 heteroatoms. The Bertz CT molecular complexity index is 78.7. The maximum atomic E-state index is 4.84. The standard InChI is InChI=1S/C6H7O/c1-3-5-7-6-4-2/h1,4,6H,2,5H2. The van der Waals surface area contributed by atoms with Crippen molar-refractivity contribution in [1.29, 1.82) is 0 Å². The molecule has 0 atom stereocenters. The van der Waals surface area contributed by atoms with Crippen molar-refractivity contribution in [3.63, 3.8) is 0 Å². The van der Waals surface area contributed by atoms with E-state index in [4.69, 9.17) is 6.42 Å². The zero-order valence-electron chi connectivity index (χ0n) is 4.05. The molecule has 0 aromatic heterocycles. The van der Waals surface area contributed by atoms with Crippen molar-refractivity contribution >= 4 is 0 Å². The summed E-state index contributed by atoms with van der Waals surface area (Å²) in [6.07, 6.45) is 6.38. The number of hydrogen-bond acceptors (Lipinski definition) is 1. The molecule has 0 N–H and O–H groups in total. The van der Waals surface area contributed by atoms with Gasteiger partial charge in [0.15, 0.2) is 0 Å². The lowest BCUT2D eigenvalue weighted by Crippen LogP contribution is -1.82. The van der Waals surface area contributed by atoms with Crippen molar-refractivity contribution in [2.75, 3.05) is 6.61 Å². The van der Waals surface area contributed by atoms with Gasteiger partial charge in [-0.05, 0) is 0 Å². The van der Waals surface area contributed by atoms with Gasteiger partial charge in [-0.1, -0.05) is 12.0 Å². The summed E-state index contributed by atoms with van der Waals surface area (Å²) in [7, 11) is 0. The Morgan fingerprint density at radius 1 is 1.86 bits per heavy atom. The molecule has 37 valence electrons. The van der Waals surface area contributed by atoms with Crippen molar-refractivity contribution in [3.8, 4) is 12.3 Å². The molecule has 0 amide bonds. The first kappa shape index (κ1) is 6.26. The lowest BCUT2D eigenvalue weighted by Gasteiger charge is -1.86. The molecule has 0 rings (SSSR count). The normalized spacial score (nSPS) is 7.29. The molecule has 1 nitrogen and oxygen atoms in total. The maximum absolute atomic E-state index is 4.84. The Kier molecular flexibility index (Phi) is 4.70. The lowest BCUT2D eigenvalue weighted by molar-refractivity contribution is 0.258. The highest BCUT2D eigenvalue weighted by Gasteiger charge is 1.72. The third kappa shape index (κ3) is 5.26. The molecule has 0 aromatic carbocycles. The summed E-state index contributed by atoms with van der Waals surface area (Å²) in [6, 6.07) is 0. The van der Waals surface area contributed by atoms with E-state index in [0.29, 0.717) is 6.61 Å². The van der Waals surface area contributed by atoms with Crippen LogP contribution < -0.4 is 0 Å². The van der Waals surface area contributed by atoms with Gasteiger partial charge in [0, 0.05) is 0 Å². The highest BCUT2D eigenvalue weighted by atomic mass is 16.5. The fraction of sp³-hybridized carbons (Fsp3) is 0.167. The molecular formula is C6H7O. The van der Waals surface area contributed by atoms with Crippen molar-refractivity contribution in [2.24, 2.45) is 0 Å². The Labute approximate surface area is 44.0 Å². The fourth-order valence-corrected chi connectivity index (χ4v) is 0.164. The monoisotopic (exact) mass is 95.0 g/mol. The highest BCUT2D eigenvalue weighted by molar-refractivity contribution is 4.86. The second kappa shape index (κ2) is 5.26. The van der Waals surface area contributed by atoms with Crippen molar-refractivity contribution in [3.05, 3.63) is 19.3 Å². The number of hydrogen-bond donors (Lipinski definition) is 0. The van der Waals surface area contributed by atoms with Gasteiger partial charge in [-0.25, -0.2) is 0 Å². The van der Waals surface area contributed by atoms with Crippen LogP contribution in [0.4, 0.5) is 0 Å². The van der Waals surface area contributed by atoms with E-state index in [0.717, 1.165) is 0 Å². The number of rotatable bonds is 3. The molecule has 0 aliphatic rings. The fourth-order valence-electron chi connectivity index (χ4n) is 0.164. The Hall–Kier alpha value is -0.740. The molecule has 0 heterocycles. The van der Waals surface area contributed by atoms with E-state index in [2.05, 4.69) is 17.2 Å². The highest BCUT2D eigenvalue weighted by Crippen LogP contribution is 1.77. The minimum atomic E-state index is 0.325. The van der Waals surface area contributed by atoms with Gasteiger partial charge < -0.3 is 4.74 Å². The van der Waals surface area contributed by atoms with Crippen molar-refractivity contribution in [1.82, 2.24) is 0 Å². The van der Waals surface area contributed by atoms with E-state index in [1.807, 2.05) is 0 Å². The summed E-state index contributed by atoms with van der Waals surface area (Å²) in [5.41, 5.74) is 0. The van der Waals surface area contributed by atoms with Crippen LogP contribution in [0.1, 0.15) is 0 Å². The van der Waals surface area contributed by atoms with Crippen LogP contribution in [0.5, 0.6) is 0 Å². The first-order chi connectivity index (χ1) is 3.41. The first-order valence-corrected chi connectivity index (χ1v) is 1.91. The van der Waals surface area contributed by atoms with Crippen LogP contribution >= 0.6 is 0 Å². The summed E-state index contributed by atoms with van der Waals surface area (Å²) in [5.74, 6) is 2.30. The smallest absolute Gasteiger partial charge is 0.108 e. The Morgan fingerprint density at radius 2 is 2.57 bits per heavy atom. The van der Waals surface area contributed by atoms with Gasteiger partial charge in [0.2, 0.25) is 0 Å². The molecule has 0 saturated heterocycles. The molecule has 1 radical (unpaired) electrons. The van der Waals surface area contributed by atoms with Gasteiger partial charge in [0.1, 0.15) is 13.2 Å². The predicted molar refractivity (Wildman–Crippen MR) is 29.3 cm³/mol. The quantitative estimate of drug-likeness (QED) is 0.375. The average molecular weight is 95.1 g/mol. The van der Waals surface area contributed by atoms with Gasteiger partial charge in [-0.15, -0.1) is 13.0 Å². The third-order valence-electron chi connectivity index (χ3n) is 0.359. The lowest BCUT2D eigenvalue weighted by atomic mass is 10.7. The second-order valence-corrected chi connectivity index (χ2v) is 0.887. The largest absolute Gasteiger partial charge is 0.358 e. The summed E-state index contributed by atoms with van der Waals surface area (Å²) >= 11 is 0. The molecule has 0 spiro atoms. The van der Waals surface area contributed by atoms with E-state index in [1.165, 1.54) is 12.7 Å². The van der Waals surface area contributed by atoms with Crippen LogP contribution in [-0.2, 0) is 4.74 Å². The summed E-state index contributed by atoms with van der Waals surface area (Å²) in [4.78, 5) is 0. The number of terminal acetylenes is 1. The van der Waals surface area contributed by atoms with Crippen LogP contribution in [0.2, 0.25) is 0 Å². The van der Waals surface area contributed by atoms with Crippen molar-refractivity contribution < 1.29 is 4.74 Å². The van der Waals surface area contributed by atoms with Gasteiger partial charge >= 0.3 is 0 Å². The number of ether oxygens (including phenoxy) is 1. The summed E-state index contributed by atoms with van der Waals surface area (Å²) < 4.78 is 4.65. The molecule has 0 saturated carbocycles. The van der Waals surface area contributed by atoms with Crippen LogP contribution in [0.3, 0.4) is 0 Å². The Morgan fingerprint density at radius 3 is 3.00 bits per heavy atom. The first-order valence-electron chi connectivity index (χ1n) is 1.91. The zero-order chi connectivity index (χ0) is 5.54. The van der Waals surface area contributed by atoms with Gasteiger partial charge in [-0.2, -0.15) is 0 Å². The third-order valence-corrected chi connectivity index (χ3v) is 0.359. The van der Waals surface area contributed by atoms with E-state index in [-0.39, 0.29) is 0 Å². The molecule has 0 unspecified atom stereocenters. The SMILES string of the molecule is C#CCO[CH]C=C. The van der Waals surface area contributed by atoms with Crippen molar-refractivity contribution in [2.45, 2.75) is 0 Å². The second-order valence-electron chi connectivity index (χ2n) is 0.887. The predicted octanol–water partition coefficient (Wildman–Crippen LogP) is 0.984. The molecule has 0 aromatic rings. The summed E-state index contributed by atoms with van der Waals surface area (Å²) in [6.45, 7) is 5.17. The van der Waals surface area contributed by atoms with E-state index in [1.54, 1.807) is 0 Å². The Balaban J connectivity index is 2.72. The topological polar surface area (TPSA) is 9.23 Å².